The molecule has 1 N–H and O–H groups in total. The Morgan fingerprint density at radius 1 is 1.10 bits per heavy atom. The highest BCUT2D eigenvalue weighted by Crippen LogP contribution is 2.20. The van der Waals surface area contributed by atoms with Crippen molar-refractivity contribution in [2.45, 2.75) is 12.0 Å². The smallest absolute Gasteiger partial charge is 0.155 e. The molecule has 1 aromatic carbocycles. The second kappa shape index (κ2) is 10.3. The van der Waals surface area contributed by atoms with Gasteiger partial charge in [-0.05, 0) is 19.0 Å². The topological polar surface area (TPSA) is 63.5 Å². The van der Waals surface area contributed by atoms with Crippen LogP contribution in [0.4, 0.5) is 0 Å². The van der Waals surface area contributed by atoms with Crippen LogP contribution < -0.4 is 5.32 Å². The molecule has 1 rings (SSSR count). The third-order valence-corrected chi connectivity index (χ3v) is 3.21. The lowest BCUT2D eigenvalue weighted by molar-refractivity contribution is 0.0246. The van der Waals surface area contributed by atoms with E-state index in [1.165, 1.54) is 0 Å². The lowest BCUT2D eigenvalue weighted by atomic mass is 9.92. The van der Waals surface area contributed by atoms with Gasteiger partial charge >= 0.3 is 0 Å². The van der Waals surface area contributed by atoms with Crippen molar-refractivity contribution >= 4 is 0 Å². The monoisotopic (exact) mass is 292 g/mol. The fraction of sp³-hybridized carbons (Fsp3) is 0.562. The molecule has 116 valence electrons. The summed E-state index contributed by atoms with van der Waals surface area (Å²) in [5.41, 5.74) is 0.0770. The van der Waals surface area contributed by atoms with Crippen LogP contribution in [0.5, 0.6) is 0 Å². The van der Waals surface area contributed by atoms with Crippen LogP contribution in [0.2, 0.25) is 0 Å². The van der Waals surface area contributed by atoms with Gasteiger partial charge in [-0.25, -0.2) is 0 Å². The number of benzene rings is 1. The molecule has 0 aromatic heterocycles. The van der Waals surface area contributed by atoms with Gasteiger partial charge in [-0.2, -0.15) is 5.26 Å². The van der Waals surface area contributed by atoms with Gasteiger partial charge in [0.15, 0.2) is 5.54 Å². The Kier molecular flexibility index (Phi) is 8.63. The number of nitrogens with one attached hydrogen (secondary N) is 1. The maximum absolute atomic E-state index is 9.49. The standard InChI is InChI=1S/C16H24N2O3/c1-18-16(13-17,15-7-4-3-5-8-15)14-21-12-11-20-10-6-9-19-2/h3-5,7-8,18H,6,9-12,14H2,1-2H3. The van der Waals surface area contributed by atoms with Crippen molar-refractivity contribution in [1.82, 2.24) is 5.32 Å². The Hall–Kier alpha value is -1.45. The van der Waals surface area contributed by atoms with Crippen molar-refractivity contribution in [1.29, 1.82) is 5.26 Å². The molecule has 5 nitrogen and oxygen atoms in total. The fourth-order valence-electron chi connectivity index (χ4n) is 1.93. The van der Waals surface area contributed by atoms with Crippen molar-refractivity contribution in [3.05, 3.63) is 35.9 Å². The number of methoxy groups -OCH3 is 1. The van der Waals surface area contributed by atoms with E-state index in [2.05, 4.69) is 11.4 Å². The van der Waals surface area contributed by atoms with Gasteiger partial charge in [0.1, 0.15) is 0 Å². The summed E-state index contributed by atoms with van der Waals surface area (Å²) in [6, 6.07) is 11.9. The molecule has 1 aromatic rings. The highest BCUT2D eigenvalue weighted by molar-refractivity contribution is 5.31. The molecule has 1 unspecified atom stereocenters. The zero-order valence-electron chi connectivity index (χ0n) is 12.8. The quantitative estimate of drug-likeness (QED) is 0.629. The molecule has 0 heterocycles. The molecule has 0 fully saturated rings. The first-order chi connectivity index (χ1) is 10.3. The molecule has 0 amide bonds. The van der Waals surface area contributed by atoms with Crippen molar-refractivity contribution in [3.8, 4) is 6.07 Å². The second-order valence-corrected chi connectivity index (χ2v) is 4.64. The summed E-state index contributed by atoms with van der Waals surface area (Å²) in [6.07, 6.45) is 0.874. The minimum atomic E-state index is -0.822. The summed E-state index contributed by atoms with van der Waals surface area (Å²) in [6.45, 7) is 2.62. The maximum Gasteiger partial charge on any atom is 0.155 e. The normalized spacial score (nSPS) is 13.6. The van der Waals surface area contributed by atoms with E-state index < -0.39 is 5.54 Å². The molecule has 0 spiro atoms. The molecule has 21 heavy (non-hydrogen) atoms. The molecule has 0 bridgehead atoms. The predicted molar refractivity (Wildman–Crippen MR) is 80.9 cm³/mol. The van der Waals surface area contributed by atoms with Crippen molar-refractivity contribution in [2.24, 2.45) is 0 Å². The summed E-state index contributed by atoms with van der Waals surface area (Å²) in [4.78, 5) is 0. The second-order valence-electron chi connectivity index (χ2n) is 4.64. The van der Waals surface area contributed by atoms with Crippen LogP contribution in [-0.2, 0) is 19.7 Å². The van der Waals surface area contributed by atoms with E-state index in [-0.39, 0.29) is 6.61 Å². The number of rotatable bonds is 11. The minimum Gasteiger partial charge on any atom is -0.385 e. The Morgan fingerprint density at radius 3 is 2.43 bits per heavy atom. The first-order valence-corrected chi connectivity index (χ1v) is 7.09. The summed E-state index contributed by atoms with van der Waals surface area (Å²) >= 11 is 0. The first-order valence-electron chi connectivity index (χ1n) is 7.09. The predicted octanol–water partition coefficient (Wildman–Crippen LogP) is 1.69. The molecule has 0 saturated carbocycles. The van der Waals surface area contributed by atoms with Crippen molar-refractivity contribution in [3.63, 3.8) is 0 Å². The molecular weight excluding hydrogens is 268 g/mol. The van der Waals surface area contributed by atoms with Crippen LogP contribution in [0, 0.1) is 11.3 Å². The highest BCUT2D eigenvalue weighted by Gasteiger charge is 2.30. The fourth-order valence-corrected chi connectivity index (χ4v) is 1.93. The first kappa shape index (κ1) is 17.6. The molecule has 0 aliphatic rings. The Balaban J connectivity index is 2.35. The number of ether oxygens (including phenoxy) is 3. The molecule has 1 atom stereocenters. The lowest BCUT2D eigenvalue weighted by Crippen LogP contribution is -2.43. The van der Waals surface area contributed by atoms with E-state index in [1.54, 1.807) is 14.2 Å². The van der Waals surface area contributed by atoms with Crippen molar-refractivity contribution < 1.29 is 14.2 Å². The zero-order valence-corrected chi connectivity index (χ0v) is 12.8. The van der Waals surface area contributed by atoms with Gasteiger partial charge in [0.05, 0.1) is 25.9 Å². The van der Waals surface area contributed by atoms with Gasteiger partial charge in [-0.1, -0.05) is 30.3 Å². The number of hydrogen-bond donors (Lipinski definition) is 1. The van der Waals surface area contributed by atoms with Gasteiger partial charge in [0.25, 0.3) is 0 Å². The zero-order chi connectivity index (χ0) is 15.4. The Bertz CT molecular complexity index is 419. The van der Waals surface area contributed by atoms with E-state index in [4.69, 9.17) is 14.2 Å². The van der Waals surface area contributed by atoms with Crippen LogP contribution >= 0.6 is 0 Å². The van der Waals surface area contributed by atoms with Crippen LogP contribution in [0.1, 0.15) is 12.0 Å². The average molecular weight is 292 g/mol. The molecule has 0 aliphatic carbocycles. The van der Waals surface area contributed by atoms with E-state index in [0.717, 1.165) is 12.0 Å². The average Bonchev–Trinajstić information content (AvgIpc) is 2.55. The van der Waals surface area contributed by atoms with Gasteiger partial charge in [0.2, 0.25) is 0 Å². The number of likely N-dealkylation sites (N-methyl/N-ethyl adjacent to an activating group) is 1. The summed E-state index contributed by atoms with van der Waals surface area (Å²) in [5.74, 6) is 0. The van der Waals surface area contributed by atoms with Gasteiger partial charge < -0.3 is 14.2 Å². The van der Waals surface area contributed by atoms with Gasteiger partial charge in [0, 0.05) is 20.3 Å². The number of nitriles is 1. The van der Waals surface area contributed by atoms with Crippen LogP contribution in [0.25, 0.3) is 0 Å². The third kappa shape index (κ3) is 5.82. The molecular formula is C16H24N2O3. The maximum atomic E-state index is 9.49. The molecule has 0 radical (unpaired) electrons. The lowest BCUT2D eigenvalue weighted by Gasteiger charge is -2.26. The molecule has 0 aliphatic heterocycles. The van der Waals surface area contributed by atoms with Crippen LogP contribution in [0.3, 0.4) is 0 Å². The summed E-state index contributed by atoms with van der Waals surface area (Å²) < 4.78 is 16.0. The van der Waals surface area contributed by atoms with Crippen molar-refractivity contribution in [2.75, 3.05) is 47.2 Å². The Morgan fingerprint density at radius 2 is 1.81 bits per heavy atom. The number of nitrogens with zero attached hydrogens (tertiary/aromatic N) is 1. The third-order valence-electron chi connectivity index (χ3n) is 3.21. The van der Waals surface area contributed by atoms with Gasteiger partial charge in [-0.3, -0.25) is 5.32 Å². The molecule has 0 saturated heterocycles. The SMILES string of the molecule is CNC(C#N)(COCCOCCCOC)c1ccccc1. The van der Waals surface area contributed by atoms with E-state index in [9.17, 15) is 5.26 Å². The number of hydrogen-bond acceptors (Lipinski definition) is 5. The van der Waals surface area contributed by atoms with Crippen LogP contribution in [0.15, 0.2) is 30.3 Å². The Labute approximate surface area is 126 Å². The van der Waals surface area contributed by atoms with E-state index >= 15 is 0 Å². The van der Waals surface area contributed by atoms with E-state index in [0.29, 0.717) is 26.4 Å². The molecule has 5 heteroatoms. The van der Waals surface area contributed by atoms with E-state index in [1.807, 2.05) is 30.3 Å². The van der Waals surface area contributed by atoms with Gasteiger partial charge in [-0.15, -0.1) is 0 Å². The largest absolute Gasteiger partial charge is 0.385 e. The summed E-state index contributed by atoms with van der Waals surface area (Å²) in [7, 11) is 3.44. The van der Waals surface area contributed by atoms with Crippen LogP contribution in [-0.4, -0.2) is 47.2 Å². The minimum absolute atomic E-state index is 0.283. The summed E-state index contributed by atoms with van der Waals surface area (Å²) in [5, 5.41) is 12.5. The highest BCUT2D eigenvalue weighted by atomic mass is 16.5.